The van der Waals surface area contributed by atoms with Crippen molar-refractivity contribution in [1.82, 2.24) is 5.32 Å². The van der Waals surface area contributed by atoms with Crippen LogP contribution in [0, 0.1) is 0 Å². The Bertz CT molecular complexity index is 636. The SMILES string of the molecule is CCOc1cccc(/C=C2\SC(=O)NC2=O)c1N1CCCC1. The van der Waals surface area contributed by atoms with Gasteiger partial charge in [-0.05, 0) is 43.7 Å². The van der Waals surface area contributed by atoms with Gasteiger partial charge in [0.25, 0.3) is 11.1 Å². The number of thioether (sulfide) groups is 1. The summed E-state index contributed by atoms with van der Waals surface area (Å²) in [5.74, 6) is 0.498. The number of hydrogen-bond acceptors (Lipinski definition) is 5. The van der Waals surface area contributed by atoms with E-state index in [4.69, 9.17) is 4.74 Å². The number of imide groups is 1. The molecule has 0 radical (unpaired) electrons. The summed E-state index contributed by atoms with van der Waals surface area (Å²) < 4.78 is 5.76. The maximum absolute atomic E-state index is 11.8. The fourth-order valence-electron chi connectivity index (χ4n) is 2.77. The highest BCUT2D eigenvalue weighted by Crippen LogP contribution is 2.37. The van der Waals surface area contributed by atoms with Crippen LogP contribution in [0.15, 0.2) is 23.1 Å². The Labute approximate surface area is 133 Å². The summed E-state index contributed by atoms with van der Waals surface area (Å²) in [7, 11) is 0. The second-order valence-corrected chi connectivity index (χ2v) is 6.19. The first-order valence-corrected chi connectivity index (χ1v) is 8.26. The molecule has 0 bridgehead atoms. The molecule has 1 aromatic carbocycles. The molecule has 1 N–H and O–H groups in total. The minimum absolute atomic E-state index is 0.320. The minimum atomic E-state index is -0.329. The van der Waals surface area contributed by atoms with Crippen LogP contribution in [0.25, 0.3) is 6.08 Å². The minimum Gasteiger partial charge on any atom is -0.492 e. The lowest BCUT2D eigenvalue weighted by Crippen LogP contribution is -2.20. The normalized spacial score (nSPS) is 19.9. The van der Waals surface area contributed by atoms with E-state index in [1.165, 1.54) is 0 Å². The maximum atomic E-state index is 11.8. The molecular weight excluding hydrogens is 300 g/mol. The van der Waals surface area contributed by atoms with Crippen LogP contribution in [0.4, 0.5) is 10.5 Å². The van der Waals surface area contributed by atoms with Crippen LogP contribution in [0.1, 0.15) is 25.3 Å². The smallest absolute Gasteiger partial charge is 0.290 e. The van der Waals surface area contributed by atoms with Crippen LogP contribution in [0.2, 0.25) is 0 Å². The number of ether oxygens (including phenoxy) is 1. The summed E-state index contributed by atoms with van der Waals surface area (Å²) >= 11 is 0.941. The maximum Gasteiger partial charge on any atom is 0.290 e. The third-order valence-electron chi connectivity index (χ3n) is 3.68. The second kappa shape index (κ2) is 6.44. The van der Waals surface area contributed by atoms with Crippen molar-refractivity contribution in [2.75, 3.05) is 24.6 Å². The lowest BCUT2D eigenvalue weighted by Gasteiger charge is -2.23. The van der Waals surface area contributed by atoms with Gasteiger partial charge in [-0.15, -0.1) is 0 Å². The summed E-state index contributed by atoms with van der Waals surface area (Å²) in [5.41, 5.74) is 1.93. The van der Waals surface area contributed by atoms with Crippen molar-refractivity contribution in [2.24, 2.45) is 0 Å². The van der Waals surface area contributed by atoms with Crippen molar-refractivity contribution in [2.45, 2.75) is 19.8 Å². The molecule has 22 heavy (non-hydrogen) atoms. The van der Waals surface area contributed by atoms with Crippen molar-refractivity contribution < 1.29 is 14.3 Å². The van der Waals surface area contributed by atoms with Gasteiger partial charge in [-0.1, -0.05) is 12.1 Å². The molecule has 2 aliphatic heterocycles. The number of nitrogens with one attached hydrogen (secondary N) is 1. The summed E-state index contributed by atoms with van der Waals surface area (Å²) in [6.07, 6.45) is 4.09. The average Bonchev–Trinajstić information content (AvgIpc) is 3.10. The number of hydrogen-bond donors (Lipinski definition) is 1. The molecule has 2 heterocycles. The zero-order valence-electron chi connectivity index (χ0n) is 12.4. The third-order valence-corrected chi connectivity index (χ3v) is 4.49. The monoisotopic (exact) mass is 318 g/mol. The van der Waals surface area contributed by atoms with Gasteiger partial charge in [0.15, 0.2) is 0 Å². The van der Waals surface area contributed by atoms with E-state index < -0.39 is 0 Å². The first-order valence-electron chi connectivity index (χ1n) is 7.44. The molecule has 2 aliphatic rings. The highest BCUT2D eigenvalue weighted by molar-refractivity contribution is 8.18. The van der Waals surface area contributed by atoms with Crippen molar-refractivity contribution in [3.63, 3.8) is 0 Å². The van der Waals surface area contributed by atoms with E-state index in [-0.39, 0.29) is 11.1 Å². The van der Waals surface area contributed by atoms with Gasteiger partial charge < -0.3 is 9.64 Å². The average molecular weight is 318 g/mol. The molecule has 0 saturated carbocycles. The number of para-hydroxylation sites is 1. The van der Waals surface area contributed by atoms with Crippen molar-refractivity contribution in [3.05, 3.63) is 28.7 Å². The molecule has 0 aliphatic carbocycles. The van der Waals surface area contributed by atoms with Gasteiger partial charge in [0.1, 0.15) is 5.75 Å². The number of carbonyl (C=O) groups excluding carboxylic acids is 2. The number of nitrogens with zero attached hydrogens (tertiary/aromatic N) is 1. The molecular formula is C16H18N2O3S. The van der Waals surface area contributed by atoms with Gasteiger partial charge in [-0.25, -0.2) is 0 Å². The van der Waals surface area contributed by atoms with Gasteiger partial charge >= 0.3 is 0 Å². The Kier molecular flexibility index (Phi) is 4.38. The molecule has 0 unspecified atom stereocenters. The van der Waals surface area contributed by atoms with E-state index in [0.29, 0.717) is 11.5 Å². The molecule has 3 rings (SSSR count). The number of rotatable bonds is 4. The van der Waals surface area contributed by atoms with Crippen LogP contribution in [-0.4, -0.2) is 30.8 Å². The van der Waals surface area contributed by atoms with E-state index >= 15 is 0 Å². The molecule has 6 heteroatoms. The van der Waals surface area contributed by atoms with E-state index in [9.17, 15) is 9.59 Å². The van der Waals surface area contributed by atoms with E-state index in [2.05, 4.69) is 10.2 Å². The lowest BCUT2D eigenvalue weighted by molar-refractivity contribution is -0.115. The number of benzene rings is 1. The van der Waals surface area contributed by atoms with Gasteiger partial charge in [-0.2, -0.15) is 0 Å². The highest BCUT2D eigenvalue weighted by Gasteiger charge is 2.26. The van der Waals surface area contributed by atoms with Gasteiger partial charge in [0.05, 0.1) is 17.2 Å². The molecule has 0 aromatic heterocycles. The Balaban J connectivity index is 2.02. The molecule has 2 fully saturated rings. The Morgan fingerprint density at radius 3 is 2.73 bits per heavy atom. The summed E-state index contributed by atoms with van der Waals surface area (Å²) in [6, 6.07) is 5.82. The zero-order chi connectivity index (χ0) is 15.5. The fourth-order valence-corrected chi connectivity index (χ4v) is 3.44. The van der Waals surface area contributed by atoms with Gasteiger partial charge in [0.2, 0.25) is 0 Å². The first kappa shape index (κ1) is 15.0. The van der Waals surface area contributed by atoms with Crippen LogP contribution in [0.5, 0.6) is 5.75 Å². The lowest BCUT2D eigenvalue weighted by atomic mass is 10.1. The predicted molar refractivity (Wildman–Crippen MR) is 88.2 cm³/mol. The number of carbonyl (C=O) groups is 2. The zero-order valence-corrected chi connectivity index (χ0v) is 13.2. The van der Waals surface area contributed by atoms with Crippen LogP contribution in [0.3, 0.4) is 0 Å². The Morgan fingerprint density at radius 1 is 1.32 bits per heavy atom. The molecule has 2 saturated heterocycles. The van der Waals surface area contributed by atoms with Crippen LogP contribution in [-0.2, 0) is 4.79 Å². The van der Waals surface area contributed by atoms with Gasteiger partial charge in [0, 0.05) is 18.7 Å². The standard InChI is InChI=1S/C16H18N2O3S/c1-2-21-12-7-5-6-11(14(12)18-8-3-4-9-18)10-13-15(19)17-16(20)22-13/h5-7,10H,2-4,8-9H2,1H3,(H,17,19,20)/b13-10-. The summed E-state index contributed by atoms with van der Waals surface area (Å²) in [4.78, 5) is 25.8. The van der Waals surface area contributed by atoms with Crippen molar-refractivity contribution in [1.29, 1.82) is 0 Å². The number of amides is 2. The molecule has 0 spiro atoms. The Hall–Kier alpha value is -1.95. The first-order chi connectivity index (χ1) is 10.7. The van der Waals surface area contributed by atoms with Gasteiger partial charge in [-0.3, -0.25) is 14.9 Å². The van der Waals surface area contributed by atoms with E-state index in [0.717, 1.165) is 54.7 Å². The topological polar surface area (TPSA) is 58.6 Å². The van der Waals surface area contributed by atoms with Crippen LogP contribution < -0.4 is 15.0 Å². The van der Waals surface area contributed by atoms with Crippen molar-refractivity contribution >= 4 is 34.7 Å². The second-order valence-electron chi connectivity index (χ2n) is 5.17. The number of anilines is 1. The van der Waals surface area contributed by atoms with Crippen molar-refractivity contribution in [3.8, 4) is 5.75 Å². The third kappa shape index (κ3) is 2.97. The molecule has 5 nitrogen and oxygen atoms in total. The molecule has 0 atom stereocenters. The van der Waals surface area contributed by atoms with Crippen LogP contribution >= 0.6 is 11.8 Å². The predicted octanol–water partition coefficient (Wildman–Crippen LogP) is 3.01. The highest BCUT2D eigenvalue weighted by atomic mass is 32.2. The summed E-state index contributed by atoms with van der Waals surface area (Å²) in [6.45, 7) is 4.52. The van der Waals surface area contributed by atoms with E-state index in [1.54, 1.807) is 6.08 Å². The molecule has 116 valence electrons. The molecule has 2 amide bonds. The quantitative estimate of drug-likeness (QED) is 0.865. The van der Waals surface area contributed by atoms with E-state index in [1.807, 2.05) is 25.1 Å². The summed E-state index contributed by atoms with van der Waals surface area (Å²) in [5, 5.41) is 1.97. The largest absolute Gasteiger partial charge is 0.492 e. The Morgan fingerprint density at radius 2 is 2.09 bits per heavy atom. The fraction of sp³-hybridized carbons (Fsp3) is 0.375. The molecule has 1 aromatic rings.